The maximum Gasteiger partial charge on any atom is 0.227 e. The van der Waals surface area contributed by atoms with Crippen LogP contribution in [0.4, 0.5) is 5.69 Å². The molecule has 0 atom stereocenters. The van der Waals surface area contributed by atoms with Crippen molar-refractivity contribution < 1.29 is 9.59 Å². The zero-order chi connectivity index (χ0) is 17.6. The number of rotatable bonds is 4. The van der Waals surface area contributed by atoms with Gasteiger partial charge in [-0.15, -0.1) is 0 Å². The van der Waals surface area contributed by atoms with Crippen molar-refractivity contribution in [3.8, 4) is 0 Å². The summed E-state index contributed by atoms with van der Waals surface area (Å²) in [6.45, 7) is 2.89. The molecule has 3 rings (SSSR count). The highest BCUT2D eigenvalue weighted by Crippen LogP contribution is 2.22. The molecule has 0 spiro atoms. The van der Waals surface area contributed by atoms with E-state index in [1.165, 1.54) is 18.1 Å². The Labute approximate surface area is 148 Å². The highest BCUT2D eigenvalue weighted by Gasteiger charge is 2.18. The third-order valence-corrected chi connectivity index (χ3v) is 4.34. The molecular formula is C21H22N2O2. The largest absolute Gasteiger partial charge is 0.338 e. The van der Waals surface area contributed by atoms with Gasteiger partial charge in [-0.3, -0.25) is 9.59 Å². The van der Waals surface area contributed by atoms with Crippen LogP contribution in [0.3, 0.4) is 0 Å². The van der Waals surface area contributed by atoms with Crippen LogP contribution >= 0.6 is 0 Å². The Morgan fingerprint density at radius 2 is 1.76 bits per heavy atom. The highest BCUT2D eigenvalue weighted by molar-refractivity contribution is 5.88. The number of nitrogens with one attached hydrogen (secondary N) is 1. The molecule has 0 fully saturated rings. The first-order valence-electron chi connectivity index (χ1n) is 8.50. The molecule has 4 nitrogen and oxygen atoms in total. The maximum atomic E-state index is 12.5. The van der Waals surface area contributed by atoms with Gasteiger partial charge in [-0.05, 0) is 35.3 Å². The van der Waals surface area contributed by atoms with Gasteiger partial charge in [0.2, 0.25) is 11.8 Å². The topological polar surface area (TPSA) is 49.4 Å². The van der Waals surface area contributed by atoms with E-state index in [-0.39, 0.29) is 11.8 Å². The molecule has 1 aliphatic rings. The molecule has 0 unspecified atom stereocenters. The van der Waals surface area contributed by atoms with E-state index in [1.807, 2.05) is 47.4 Å². The van der Waals surface area contributed by atoms with Crippen LogP contribution in [0.2, 0.25) is 0 Å². The first-order chi connectivity index (χ1) is 12.1. The van der Waals surface area contributed by atoms with Crippen LogP contribution in [-0.4, -0.2) is 29.8 Å². The summed E-state index contributed by atoms with van der Waals surface area (Å²) in [4.78, 5) is 25.4. The Bertz CT molecular complexity index is 779. The van der Waals surface area contributed by atoms with E-state index in [4.69, 9.17) is 0 Å². The molecule has 0 bridgehead atoms. The minimum Gasteiger partial charge on any atom is -0.338 e. The van der Waals surface area contributed by atoms with Crippen LogP contribution in [-0.2, 0) is 16.0 Å². The summed E-state index contributed by atoms with van der Waals surface area (Å²) in [5.74, 6) is 0.0359. The molecule has 25 heavy (non-hydrogen) atoms. The third kappa shape index (κ3) is 4.57. The van der Waals surface area contributed by atoms with E-state index in [0.717, 1.165) is 24.2 Å². The van der Waals surface area contributed by atoms with Crippen molar-refractivity contribution >= 4 is 23.1 Å². The first kappa shape index (κ1) is 17.0. The minimum absolute atomic E-state index is 0.0989. The smallest absolute Gasteiger partial charge is 0.227 e. The summed E-state index contributed by atoms with van der Waals surface area (Å²) in [7, 11) is 0. The van der Waals surface area contributed by atoms with Crippen LogP contribution in [0.15, 0.2) is 60.7 Å². The number of amides is 2. The second-order valence-corrected chi connectivity index (χ2v) is 6.24. The van der Waals surface area contributed by atoms with Gasteiger partial charge in [0.1, 0.15) is 0 Å². The molecular weight excluding hydrogens is 312 g/mol. The van der Waals surface area contributed by atoms with Crippen LogP contribution in [0.25, 0.3) is 5.57 Å². The molecule has 0 saturated carbocycles. The van der Waals surface area contributed by atoms with Gasteiger partial charge in [-0.2, -0.15) is 0 Å². The van der Waals surface area contributed by atoms with Crippen LogP contribution in [0.5, 0.6) is 0 Å². The van der Waals surface area contributed by atoms with Gasteiger partial charge in [0.05, 0.1) is 6.42 Å². The molecule has 1 N–H and O–H groups in total. The fourth-order valence-corrected chi connectivity index (χ4v) is 3.01. The van der Waals surface area contributed by atoms with Crippen molar-refractivity contribution in [3.63, 3.8) is 0 Å². The Morgan fingerprint density at radius 3 is 2.36 bits per heavy atom. The molecule has 0 aliphatic carbocycles. The van der Waals surface area contributed by atoms with Crippen molar-refractivity contribution in [1.82, 2.24) is 4.90 Å². The molecule has 0 radical (unpaired) electrons. The monoisotopic (exact) mass is 334 g/mol. The summed E-state index contributed by atoms with van der Waals surface area (Å²) in [5, 5.41) is 2.73. The number of carbonyl (C=O) groups excluding carboxylic acids is 2. The predicted molar refractivity (Wildman–Crippen MR) is 100 cm³/mol. The molecule has 2 amide bonds. The van der Waals surface area contributed by atoms with E-state index in [0.29, 0.717) is 13.0 Å². The summed E-state index contributed by atoms with van der Waals surface area (Å²) >= 11 is 0. The molecule has 1 aliphatic heterocycles. The van der Waals surface area contributed by atoms with Crippen molar-refractivity contribution in [1.29, 1.82) is 0 Å². The summed E-state index contributed by atoms with van der Waals surface area (Å²) in [6.07, 6.45) is 3.42. The number of hydrogen-bond acceptors (Lipinski definition) is 2. The van der Waals surface area contributed by atoms with Gasteiger partial charge in [-0.1, -0.05) is 48.5 Å². The Kier molecular flexibility index (Phi) is 5.29. The minimum atomic E-state index is -0.0989. The van der Waals surface area contributed by atoms with Gasteiger partial charge >= 0.3 is 0 Å². The van der Waals surface area contributed by atoms with E-state index in [9.17, 15) is 9.59 Å². The van der Waals surface area contributed by atoms with Gasteiger partial charge in [0, 0.05) is 25.7 Å². The molecule has 4 heteroatoms. The van der Waals surface area contributed by atoms with Crippen LogP contribution in [0.1, 0.15) is 24.5 Å². The van der Waals surface area contributed by atoms with E-state index < -0.39 is 0 Å². The van der Waals surface area contributed by atoms with Crippen molar-refractivity contribution in [2.45, 2.75) is 19.8 Å². The zero-order valence-corrected chi connectivity index (χ0v) is 14.4. The lowest BCUT2D eigenvalue weighted by molar-refractivity contribution is -0.130. The van der Waals surface area contributed by atoms with Crippen molar-refractivity contribution in [2.24, 2.45) is 0 Å². The first-order valence-corrected chi connectivity index (χ1v) is 8.50. The van der Waals surface area contributed by atoms with Crippen LogP contribution in [0, 0.1) is 0 Å². The van der Waals surface area contributed by atoms with E-state index >= 15 is 0 Å². The van der Waals surface area contributed by atoms with Gasteiger partial charge in [0.25, 0.3) is 0 Å². The quantitative estimate of drug-likeness (QED) is 0.930. The second-order valence-electron chi connectivity index (χ2n) is 6.24. The highest BCUT2D eigenvalue weighted by atomic mass is 16.2. The van der Waals surface area contributed by atoms with Gasteiger partial charge in [-0.25, -0.2) is 0 Å². The number of carbonyl (C=O) groups is 2. The average Bonchev–Trinajstić information content (AvgIpc) is 2.64. The number of benzene rings is 2. The molecule has 2 aromatic rings. The molecule has 0 aromatic heterocycles. The van der Waals surface area contributed by atoms with Crippen LogP contribution < -0.4 is 5.32 Å². The fourth-order valence-electron chi connectivity index (χ4n) is 3.01. The summed E-state index contributed by atoms with van der Waals surface area (Å²) in [6, 6.07) is 17.7. The van der Waals surface area contributed by atoms with E-state index in [2.05, 4.69) is 23.5 Å². The SMILES string of the molecule is CC(=O)Nc1ccc(CC(=O)N2CC=C(c3ccccc3)CC2)cc1. The normalized spacial score (nSPS) is 14.0. The molecule has 0 saturated heterocycles. The van der Waals surface area contributed by atoms with Gasteiger partial charge in [0.15, 0.2) is 0 Å². The number of hydrogen-bond donors (Lipinski definition) is 1. The summed E-state index contributed by atoms with van der Waals surface area (Å²) < 4.78 is 0. The molecule has 128 valence electrons. The Hall–Kier alpha value is -2.88. The zero-order valence-electron chi connectivity index (χ0n) is 14.4. The lowest BCUT2D eigenvalue weighted by Crippen LogP contribution is -2.35. The predicted octanol–water partition coefficient (Wildman–Crippen LogP) is 3.50. The molecule has 2 aromatic carbocycles. The number of anilines is 1. The number of nitrogens with zero attached hydrogens (tertiary/aromatic N) is 1. The van der Waals surface area contributed by atoms with Gasteiger partial charge < -0.3 is 10.2 Å². The molecule has 1 heterocycles. The standard InChI is InChI=1S/C21H22N2O2/c1-16(24)22-20-9-7-17(8-10-20)15-21(25)23-13-11-19(12-14-23)18-5-3-2-4-6-18/h2-11H,12-15H2,1H3,(H,22,24). The maximum absolute atomic E-state index is 12.5. The van der Waals surface area contributed by atoms with Crippen molar-refractivity contribution in [3.05, 3.63) is 71.8 Å². The fraction of sp³-hybridized carbons (Fsp3) is 0.238. The Balaban J connectivity index is 1.57. The van der Waals surface area contributed by atoms with E-state index in [1.54, 1.807) is 0 Å². The average molecular weight is 334 g/mol. The third-order valence-electron chi connectivity index (χ3n) is 4.34. The lowest BCUT2D eigenvalue weighted by atomic mass is 9.99. The second kappa shape index (κ2) is 7.79. The Morgan fingerprint density at radius 1 is 1.04 bits per heavy atom. The van der Waals surface area contributed by atoms with Crippen molar-refractivity contribution in [2.75, 3.05) is 18.4 Å². The summed E-state index contributed by atoms with van der Waals surface area (Å²) in [5.41, 5.74) is 4.25. The lowest BCUT2D eigenvalue weighted by Gasteiger charge is -2.27.